The topological polar surface area (TPSA) is 126 Å². The molecule has 2 aromatic heterocycles. The van der Waals surface area contributed by atoms with Gasteiger partial charge in [-0.15, -0.1) is 0 Å². The Hall–Kier alpha value is -5.29. The maximum absolute atomic E-state index is 14.1. The first-order valence-corrected chi connectivity index (χ1v) is 14.2. The number of carbonyl (C=O) groups is 1. The molecule has 0 unspecified atom stereocenters. The molecule has 0 saturated heterocycles. The Morgan fingerprint density at radius 1 is 1.14 bits per heavy atom. The monoisotopic (exact) mass is 595 g/mol. The van der Waals surface area contributed by atoms with Crippen LogP contribution in [-0.4, -0.2) is 29.2 Å². The van der Waals surface area contributed by atoms with E-state index in [-0.39, 0.29) is 23.4 Å². The van der Waals surface area contributed by atoms with Crippen molar-refractivity contribution in [1.82, 2.24) is 4.57 Å². The Kier molecular flexibility index (Phi) is 7.24. The van der Waals surface area contributed by atoms with Crippen LogP contribution in [0.2, 0.25) is 0 Å². The Labute approximate surface area is 248 Å². The highest BCUT2D eigenvalue weighted by molar-refractivity contribution is 7.07. The van der Waals surface area contributed by atoms with Crippen molar-refractivity contribution in [2.45, 2.75) is 19.9 Å². The average molecular weight is 596 g/mol. The number of rotatable bonds is 7. The second-order valence-electron chi connectivity index (χ2n) is 9.71. The van der Waals surface area contributed by atoms with Crippen molar-refractivity contribution in [1.29, 1.82) is 0 Å². The summed E-state index contributed by atoms with van der Waals surface area (Å²) in [6, 6.07) is 20.1. The van der Waals surface area contributed by atoms with E-state index in [0.717, 1.165) is 10.8 Å². The molecular weight excluding hydrogens is 570 g/mol. The first kappa shape index (κ1) is 27.9. The van der Waals surface area contributed by atoms with Gasteiger partial charge in [0.25, 0.3) is 11.2 Å². The standard InChI is InChI=1S/C32H25N3O7S/c1-4-41-31(37)27-18(2)33-32-34(29(27)28-23-11-6-5-8-19(23)12-14-25(28)40-3)30(36)26(43-32)17-22-13-15-24(42-22)20-9-7-10-21(16-20)35(38)39/h5-17,29H,4H2,1-3H3/b26-17+/t29-/m1/s1. The van der Waals surface area contributed by atoms with Gasteiger partial charge in [0.1, 0.15) is 23.3 Å². The highest BCUT2D eigenvalue weighted by Gasteiger charge is 2.36. The fraction of sp³-hybridized carbons (Fsp3) is 0.156. The summed E-state index contributed by atoms with van der Waals surface area (Å²) < 4.78 is 19.0. The summed E-state index contributed by atoms with van der Waals surface area (Å²) in [5.74, 6) is 0.752. The molecule has 11 heteroatoms. The molecule has 0 saturated carbocycles. The lowest BCUT2D eigenvalue weighted by Gasteiger charge is -2.27. The highest BCUT2D eigenvalue weighted by Crippen LogP contribution is 2.40. The number of fused-ring (bicyclic) bond motifs is 2. The molecule has 10 nitrogen and oxygen atoms in total. The van der Waals surface area contributed by atoms with Crippen molar-refractivity contribution >= 4 is 39.8 Å². The molecule has 43 heavy (non-hydrogen) atoms. The molecule has 0 bridgehead atoms. The minimum atomic E-state index is -0.865. The first-order valence-electron chi connectivity index (χ1n) is 13.4. The molecule has 0 fully saturated rings. The van der Waals surface area contributed by atoms with Gasteiger partial charge < -0.3 is 13.9 Å². The number of benzene rings is 3. The van der Waals surface area contributed by atoms with Crippen LogP contribution >= 0.6 is 11.3 Å². The molecule has 0 aliphatic carbocycles. The van der Waals surface area contributed by atoms with Crippen LogP contribution in [0.25, 0.3) is 28.2 Å². The van der Waals surface area contributed by atoms with Gasteiger partial charge in [-0.1, -0.05) is 53.8 Å². The molecule has 0 N–H and O–H groups in total. The molecule has 1 aliphatic heterocycles. The summed E-state index contributed by atoms with van der Waals surface area (Å²) in [4.78, 5) is 43.3. The van der Waals surface area contributed by atoms with Gasteiger partial charge in [0.15, 0.2) is 4.80 Å². The zero-order valence-corrected chi connectivity index (χ0v) is 24.2. The van der Waals surface area contributed by atoms with Crippen LogP contribution in [0.3, 0.4) is 0 Å². The van der Waals surface area contributed by atoms with Crippen molar-refractivity contribution in [3.05, 3.63) is 125 Å². The lowest BCUT2D eigenvalue weighted by atomic mass is 9.90. The molecule has 1 atom stereocenters. The third kappa shape index (κ3) is 4.93. The maximum atomic E-state index is 14.1. The fourth-order valence-corrected chi connectivity index (χ4v) is 6.31. The third-order valence-corrected chi connectivity index (χ3v) is 8.17. The number of esters is 1. The van der Waals surface area contributed by atoms with Crippen LogP contribution in [0.4, 0.5) is 5.69 Å². The van der Waals surface area contributed by atoms with Crippen molar-refractivity contribution in [3.8, 4) is 17.1 Å². The van der Waals surface area contributed by atoms with E-state index in [2.05, 4.69) is 4.99 Å². The average Bonchev–Trinajstić information content (AvgIpc) is 3.60. The normalized spacial score (nSPS) is 14.9. The number of carbonyl (C=O) groups excluding carboxylic acids is 1. The maximum Gasteiger partial charge on any atom is 0.338 e. The van der Waals surface area contributed by atoms with Gasteiger partial charge in [-0.25, -0.2) is 9.79 Å². The number of methoxy groups -OCH3 is 1. The number of thiazole rings is 1. The summed E-state index contributed by atoms with van der Waals surface area (Å²) in [6.07, 6.45) is 1.60. The van der Waals surface area contributed by atoms with Gasteiger partial charge in [0, 0.05) is 29.3 Å². The lowest BCUT2D eigenvalue weighted by molar-refractivity contribution is -0.384. The van der Waals surface area contributed by atoms with Gasteiger partial charge in [-0.05, 0) is 42.8 Å². The van der Waals surface area contributed by atoms with E-state index < -0.39 is 16.9 Å². The van der Waals surface area contributed by atoms with E-state index in [9.17, 15) is 19.7 Å². The van der Waals surface area contributed by atoms with E-state index in [1.807, 2.05) is 36.4 Å². The van der Waals surface area contributed by atoms with Crippen LogP contribution in [0.5, 0.6) is 5.75 Å². The number of nitro groups is 1. The Balaban J connectivity index is 1.54. The van der Waals surface area contributed by atoms with Crippen LogP contribution < -0.4 is 19.6 Å². The number of nitrogens with zero attached hydrogens (tertiary/aromatic N) is 3. The van der Waals surface area contributed by atoms with Crippen molar-refractivity contribution < 1.29 is 23.6 Å². The fourth-order valence-electron chi connectivity index (χ4n) is 5.29. The summed E-state index contributed by atoms with van der Waals surface area (Å²) in [5, 5.41) is 13.0. The van der Waals surface area contributed by atoms with Crippen molar-refractivity contribution in [3.63, 3.8) is 0 Å². The number of furan rings is 1. The Bertz CT molecular complexity index is 2140. The summed E-state index contributed by atoms with van der Waals surface area (Å²) >= 11 is 1.17. The second-order valence-corrected chi connectivity index (χ2v) is 10.7. The third-order valence-electron chi connectivity index (χ3n) is 7.18. The minimum Gasteiger partial charge on any atom is -0.496 e. The van der Waals surface area contributed by atoms with Gasteiger partial charge in [-0.2, -0.15) is 0 Å². The molecule has 5 aromatic rings. The molecule has 0 amide bonds. The predicted octanol–water partition coefficient (Wildman–Crippen LogP) is 5.13. The van der Waals surface area contributed by atoms with E-state index in [1.165, 1.54) is 28.0 Å². The molecule has 6 rings (SSSR count). The molecule has 1 aliphatic rings. The molecule has 216 valence electrons. The van der Waals surface area contributed by atoms with Crippen LogP contribution in [0.1, 0.15) is 31.2 Å². The van der Waals surface area contributed by atoms with Gasteiger partial charge in [0.2, 0.25) is 0 Å². The zero-order valence-electron chi connectivity index (χ0n) is 23.4. The molecule has 0 radical (unpaired) electrons. The van der Waals surface area contributed by atoms with Gasteiger partial charge >= 0.3 is 5.97 Å². The van der Waals surface area contributed by atoms with Crippen LogP contribution in [-0.2, 0) is 9.53 Å². The van der Waals surface area contributed by atoms with E-state index in [4.69, 9.17) is 13.9 Å². The first-order chi connectivity index (χ1) is 20.8. The van der Waals surface area contributed by atoms with Gasteiger partial charge in [-0.3, -0.25) is 19.5 Å². The number of non-ortho nitro benzene ring substituents is 1. The smallest absolute Gasteiger partial charge is 0.338 e. The summed E-state index contributed by atoms with van der Waals surface area (Å²) in [5.41, 5.74) is 1.45. The summed E-state index contributed by atoms with van der Waals surface area (Å²) in [7, 11) is 1.55. The quantitative estimate of drug-likeness (QED) is 0.145. The SMILES string of the molecule is CCOC(=O)C1=C(C)N=c2s/c(=C/c3ccc(-c4cccc([N+](=O)[O-])c4)o3)c(=O)n2[C@H]1c1c(OC)ccc2ccccc12. The molecular formula is C32H25N3O7S. The molecule has 3 aromatic carbocycles. The van der Waals surface area contributed by atoms with Crippen molar-refractivity contribution in [2.75, 3.05) is 13.7 Å². The van der Waals surface area contributed by atoms with E-state index >= 15 is 0 Å². The van der Waals surface area contributed by atoms with Crippen LogP contribution in [0.15, 0.2) is 98.3 Å². The Morgan fingerprint density at radius 2 is 1.95 bits per heavy atom. The van der Waals surface area contributed by atoms with E-state index in [1.54, 1.807) is 51.3 Å². The number of ether oxygens (including phenoxy) is 2. The minimum absolute atomic E-state index is 0.0552. The Morgan fingerprint density at radius 3 is 2.72 bits per heavy atom. The number of hydrogen-bond acceptors (Lipinski definition) is 9. The number of nitro benzene ring substituents is 1. The van der Waals surface area contributed by atoms with Crippen molar-refractivity contribution in [2.24, 2.45) is 4.99 Å². The largest absolute Gasteiger partial charge is 0.496 e. The van der Waals surface area contributed by atoms with Gasteiger partial charge in [0.05, 0.1) is 34.4 Å². The number of hydrogen-bond donors (Lipinski definition) is 0. The second kappa shape index (κ2) is 11.2. The number of aromatic nitrogens is 1. The molecule has 3 heterocycles. The van der Waals surface area contributed by atoms with E-state index in [0.29, 0.717) is 43.4 Å². The summed E-state index contributed by atoms with van der Waals surface area (Å²) in [6.45, 7) is 3.61. The van der Waals surface area contributed by atoms with Crippen LogP contribution in [0, 0.1) is 10.1 Å². The number of allylic oxidation sites excluding steroid dienone is 1. The highest BCUT2D eigenvalue weighted by atomic mass is 32.1. The zero-order chi connectivity index (χ0) is 30.2. The molecule has 0 spiro atoms. The predicted molar refractivity (Wildman–Crippen MR) is 162 cm³/mol. The lowest BCUT2D eigenvalue weighted by Crippen LogP contribution is -2.40.